The van der Waals surface area contributed by atoms with Crippen LogP contribution in [0.5, 0.6) is 0 Å². The van der Waals surface area contributed by atoms with Crippen molar-refractivity contribution in [3.8, 4) is 11.3 Å². The number of carbonyl (C=O) groups excluding carboxylic acids is 1. The lowest BCUT2D eigenvalue weighted by atomic mass is 10.1. The molecular weight excluding hydrogens is 254 g/mol. The van der Waals surface area contributed by atoms with Crippen LogP contribution in [-0.4, -0.2) is 17.4 Å². The molecule has 0 bridgehead atoms. The fourth-order valence-electron chi connectivity index (χ4n) is 1.75. The SMILES string of the molecule is CC(CN)C(=O)NC(C)c1ncc(-c2ccccc2)o1. The van der Waals surface area contributed by atoms with E-state index in [1.54, 1.807) is 13.1 Å². The summed E-state index contributed by atoms with van der Waals surface area (Å²) < 4.78 is 5.69. The Labute approximate surface area is 118 Å². The monoisotopic (exact) mass is 273 g/mol. The van der Waals surface area contributed by atoms with Gasteiger partial charge < -0.3 is 15.5 Å². The Hall–Kier alpha value is -2.14. The van der Waals surface area contributed by atoms with Crippen molar-refractivity contribution in [1.82, 2.24) is 10.3 Å². The van der Waals surface area contributed by atoms with Crippen LogP contribution >= 0.6 is 0 Å². The van der Waals surface area contributed by atoms with Crippen molar-refractivity contribution < 1.29 is 9.21 Å². The third kappa shape index (κ3) is 3.24. The van der Waals surface area contributed by atoms with Crippen LogP contribution < -0.4 is 11.1 Å². The Morgan fingerprint density at radius 3 is 2.70 bits per heavy atom. The summed E-state index contributed by atoms with van der Waals surface area (Å²) in [6, 6.07) is 9.43. The van der Waals surface area contributed by atoms with Crippen molar-refractivity contribution in [2.24, 2.45) is 11.7 Å². The molecule has 2 unspecified atom stereocenters. The lowest BCUT2D eigenvalue weighted by Crippen LogP contribution is -2.35. The molecule has 2 atom stereocenters. The van der Waals surface area contributed by atoms with Gasteiger partial charge in [-0.3, -0.25) is 4.79 Å². The molecule has 3 N–H and O–H groups in total. The van der Waals surface area contributed by atoms with Crippen LogP contribution in [0.15, 0.2) is 40.9 Å². The van der Waals surface area contributed by atoms with E-state index in [1.165, 1.54) is 0 Å². The summed E-state index contributed by atoms with van der Waals surface area (Å²) in [6.07, 6.45) is 1.67. The van der Waals surface area contributed by atoms with Gasteiger partial charge in [0.05, 0.1) is 6.20 Å². The van der Waals surface area contributed by atoms with Gasteiger partial charge in [0.2, 0.25) is 11.8 Å². The normalized spacial score (nSPS) is 13.8. The van der Waals surface area contributed by atoms with Crippen molar-refractivity contribution in [1.29, 1.82) is 0 Å². The van der Waals surface area contributed by atoms with Gasteiger partial charge in [-0.15, -0.1) is 0 Å². The zero-order chi connectivity index (χ0) is 14.5. The predicted molar refractivity (Wildman–Crippen MR) is 76.7 cm³/mol. The molecule has 20 heavy (non-hydrogen) atoms. The van der Waals surface area contributed by atoms with Gasteiger partial charge in [-0.1, -0.05) is 37.3 Å². The number of rotatable bonds is 5. The maximum absolute atomic E-state index is 11.8. The van der Waals surface area contributed by atoms with Crippen LogP contribution in [0.25, 0.3) is 11.3 Å². The zero-order valence-corrected chi connectivity index (χ0v) is 11.7. The number of benzene rings is 1. The lowest BCUT2D eigenvalue weighted by molar-refractivity contribution is -0.125. The summed E-state index contributed by atoms with van der Waals surface area (Å²) in [5, 5.41) is 2.84. The number of nitrogens with one attached hydrogen (secondary N) is 1. The predicted octanol–water partition coefficient (Wildman–Crippen LogP) is 2.11. The van der Waals surface area contributed by atoms with Crippen molar-refractivity contribution in [2.75, 3.05) is 6.54 Å². The van der Waals surface area contributed by atoms with E-state index < -0.39 is 0 Å². The van der Waals surface area contributed by atoms with E-state index in [4.69, 9.17) is 10.2 Å². The molecule has 1 amide bonds. The van der Waals surface area contributed by atoms with Crippen LogP contribution in [0.1, 0.15) is 25.8 Å². The third-order valence-corrected chi connectivity index (χ3v) is 3.11. The van der Waals surface area contributed by atoms with Gasteiger partial charge in [0.1, 0.15) is 6.04 Å². The van der Waals surface area contributed by atoms with Gasteiger partial charge in [-0.05, 0) is 6.92 Å². The molecule has 0 aliphatic heterocycles. The Balaban J connectivity index is 2.07. The molecular formula is C15H19N3O2. The van der Waals surface area contributed by atoms with E-state index in [0.29, 0.717) is 18.2 Å². The standard InChI is InChI=1S/C15H19N3O2/c1-10(8-16)14(19)18-11(2)15-17-9-13(20-15)12-6-4-3-5-7-12/h3-7,9-11H,8,16H2,1-2H3,(H,18,19). The number of aromatic nitrogens is 1. The number of hydrogen-bond acceptors (Lipinski definition) is 4. The second-order valence-electron chi connectivity index (χ2n) is 4.80. The van der Waals surface area contributed by atoms with Crippen LogP contribution in [0, 0.1) is 5.92 Å². The van der Waals surface area contributed by atoms with E-state index in [1.807, 2.05) is 37.3 Å². The molecule has 1 heterocycles. The van der Waals surface area contributed by atoms with E-state index in [9.17, 15) is 4.79 Å². The van der Waals surface area contributed by atoms with Crippen molar-refractivity contribution in [2.45, 2.75) is 19.9 Å². The highest BCUT2D eigenvalue weighted by Gasteiger charge is 2.18. The molecule has 0 spiro atoms. The molecule has 2 aromatic rings. The van der Waals surface area contributed by atoms with Gasteiger partial charge in [0, 0.05) is 18.0 Å². The minimum Gasteiger partial charge on any atom is -0.438 e. The average molecular weight is 273 g/mol. The quantitative estimate of drug-likeness (QED) is 0.874. The number of nitrogens with two attached hydrogens (primary N) is 1. The summed E-state index contributed by atoms with van der Waals surface area (Å²) in [6.45, 7) is 3.94. The van der Waals surface area contributed by atoms with Crippen LogP contribution in [-0.2, 0) is 4.79 Å². The summed E-state index contributed by atoms with van der Waals surface area (Å²) in [5.74, 6) is 0.857. The fraction of sp³-hybridized carbons (Fsp3) is 0.333. The highest BCUT2D eigenvalue weighted by Crippen LogP contribution is 2.22. The smallest absolute Gasteiger partial charge is 0.224 e. The van der Waals surface area contributed by atoms with E-state index in [-0.39, 0.29) is 17.9 Å². The summed E-state index contributed by atoms with van der Waals surface area (Å²) >= 11 is 0. The zero-order valence-electron chi connectivity index (χ0n) is 11.7. The molecule has 0 aliphatic carbocycles. The van der Waals surface area contributed by atoms with Gasteiger partial charge in [0.25, 0.3) is 0 Å². The van der Waals surface area contributed by atoms with Gasteiger partial charge in [-0.2, -0.15) is 0 Å². The van der Waals surface area contributed by atoms with Crippen molar-refractivity contribution in [3.05, 3.63) is 42.4 Å². The molecule has 5 nitrogen and oxygen atoms in total. The first kappa shape index (κ1) is 14.3. The van der Waals surface area contributed by atoms with Crippen LogP contribution in [0.3, 0.4) is 0 Å². The topological polar surface area (TPSA) is 81.2 Å². The maximum atomic E-state index is 11.8. The molecule has 0 radical (unpaired) electrons. The number of amides is 1. The van der Waals surface area contributed by atoms with Gasteiger partial charge >= 0.3 is 0 Å². The highest BCUT2D eigenvalue weighted by molar-refractivity contribution is 5.78. The maximum Gasteiger partial charge on any atom is 0.224 e. The minimum atomic E-state index is -0.283. The van der Waals surface area contributed by atoms with E-state index in [0.717, 1.165) is 5.56 Å². The second-order valence-corrected chi connectivity index (χ2v) is 4.80. The number of nitrogens with zero attached hydrogens (tertiary/aromatic N) is 1. The molecule has 1 aromatic heterocycles. The van der Waals surface area contributed by atoms with Crippen LogP contribution in [0.4, 0.5) is 0 Å². The van der Waals surface area contributed by atoms with E-state index >= 15 is 0 Å². The van der Waals surface area contributed by atoms with Crippen LogP contribution in [0.2, 0.25) is 0 Å². The Kier molecular flexibility index (Phi) is 4.53. The molecule has 0 aliphatic rings. The molecule has 0 saturated heterocycles. The van der Waals surface area contributed by atoms with E-state index in [2.05, 4.69) is 10.3 Å². The molecule has 106 valence electrons. The largest absolute Gasteiger partial charge is 0.438 e. The Morgan fingerprint density at radius 2 is 2.05 bits per heavy atom. The van der Waals surface area contributed by atoms with Crippen molar-refractivity contribution in [3.63, 3.8) is 0 Å². The number of carbonyl (C=O) groups is 1. The summed E-state index contributed by atoms with van der Waals surface area (Å²) in [5.41, 5.74) is 6.43. The summed E-state index contributed by atoms with van der Waals surface area (Å²) in [7, 11) is 0. The molecule has 0 saturated carbocycles. The van der Waals surface area contributed by atoms with Gasteiger partial charge in [-0.25, -0.2) is 4.98 Å². The third-order valence-electron chi connectivity index (χ3n) is 3.11. The van der Waals surface area contributed by atoms with Crippen molar-refractivity contribution >= 4 is 5.91 Å². The molecule has 1 aromatic carbocycles. The average Bonchev–Trinajstić information content (AvgIpc) is 2.97. The summed E-state index contributed by atoms with van der Waals surface area (Å²) in [4.78, 5) is 16.0. The second kappa shape index (κ2) is 6.34. The minimum absolute atomic E-state index is 0.0977. The Bertz CT molecular complexity index is 566. The Morgan fingerprint density at radius 1 is 1.35 bits per heavy atom. The molecule has 0 fully saturated rings. The molecule has 2 rings (SSSR count). The highest BCUT2D eigenvalue weighted by atomic mass is 16.4. The first-order valence-electron chi connectivity index (χ1n) is 6.63. The number of hydrogen-bond donors (Lipinski definition) is 2. The fourth-order valence-corrected chi connectivity index (χ4v) is 1.75. The first-order chi connectivity index (χ1) is 9.61. The lowest BCUT2D eigenvalue weighted by Gasteiger charge is -2.13. The number of oxazole rings is 1. The first-order valence-corrected chi connectivity index (χ1v) is 6.63. The van der Waals surface area contributed by atoms with Gasteiger partial charge in [0.15, 0.2) is 5.76 Å². The molecule has 5 heteroatoms.